The maximum Gasteiger partial charge on any atom is 0.0388 e. The van der Waals surface area contributed by atoms with Crippen LogP contribution in [0.4, 0.5) is 0 Å². The summed E-state index contributed by atoms with van der Waals surface area (Å²) in [7, 11) is 0. The van der Waals surface area contributed by atoms with Crippen molar-refractivity contribution in [3.8, 4) is 0 Å². The molecule has 2 aliphatic carbocycles. The van der Waals surface area contributed by atoms with Crippen LogP contribution in [-0.2, 0) is 12.8 Å². The van der Waals surface area contributed by atoms with Crippen LogP contribution in [-0.4, -0.2) is 17.5 Å². The summed E-state index contributed by atoms with van der Waals surface area (Å²) in [5.74, 6) is 0. The molecule has 0 aliphatic heterocycles. The van der Waals surface area contributed by atoms with E-state index < -0.39 is 0 Å². The molecule has 2 aliphatic rings. The summed E-state index contributed by atoms with van der Waals surface area (Å²) in [6.07, 6.45) is 11.8. The lowest BCUT2D eigenvalue weighted by Gasteiger charge is -2.18. The predicted octanol–water partition coefficient (Wildman–Crippen LogP) is 4.56. The molecule has 3 heteroatoms. The zero-order valence-corrected chi connectivity index (χ0v) is 13.7. The Kier molecular flexibility index (Phi) is 4.55. The molecule has 1 N–H and O–H groups in total. The quantitative estimate of drug-likeness (QED) is 0.874. The van der Waals surface area contributed by atoms with Crippen LogP contribution in [0.15, 0.2) is 6.07 Å². The van der Waals surface area contributed by atoms with Gasteiger partial charge in [0.25, 0.3) is 0 Å². The van der Waals surface area contributed by atoms with E-state index in [1.807, 2.05) is 11.8 Å². The highest BCUT2D eigenvalue weighted by Crippen LogP contribution is 2.34. The molecule has 0 spiro atoms. The monoisotopic (exact) mass is 295 g/mol. The number of thiophene rings is 1. The minimum atomic E-state index is 0.543. The third-order valence-corrected chi connectivity index (χ3v) is 7.16. The van der Waals surface area contributed by atoms with Crippen molar-refractivity contribution < 1.29 is 0 Å². The molecule has 0 amide bonds. The van der Waals surface area contributed by atoms with Crippen LogP contribution in [0, 0.1) is 0 Å². The van der Waals surface area contributed by atoms with Crippen molar-refractivity contribution in [2.24, 2.45) is 0 Å². The lowest BCUT2D eigenvalue weighted by Crippen LogP contribution is -2.29. The Hall–Kier alpha value is 0.01000. The second-order valence-electron chi connectivity index (χ2n) is 6.06. The van der Waals surface area contributed by atoms with E-state index in [0.717, 1.165) is 11.3 Å². The van der Waals surface area contributed by atoms with Gasteiger partial charge in [-0.3, -0.25) is 0 Å². The number of rotatable bonds is 4. The van der Waals surface area contributed by atoms with Gasteiger partial charge < -0.3 is 5.32 Å². The fourth-order valence-corrected chi connectivity index (χ4v) is 5.53. The molecule has 0 aromatic carbocycles. The van der Waals surface area contributed by atoms with Crippen LogP contribution >= 0.6 is 23.1 Å². The van der Waals surface area contributed by atoms with Gasteiger partial charge in [-0.1, -0.05) is 0 Å². The van der Waals surface area contributed by atoms with E-state index in [-0.39, 0.29) is 0 Å². The van der Waals surface area contributed by atoms with Gasteiger partial charge in [-0.05, 0) is 69.8 Å². The molecule has 1 nitrogen and oxygen atoms in total. The maximum atomic E-state index is 3.87. The molecule has 106 valence electrons. The van der Waals surface area contributed by atoms with Gasteiger partial charge in [0.15, 0.2) is 0 Å². The first-order chi connectivity index (χ1) is 9.26. The van der Waals surface area contributed by atoms with E-state index in [4.69, 9.17) is 0 Å². The average Bonchev–Trinajstić information content (AvgIpc) is 3.04. The maximum absolute atomic E-state index is 3.87. The molecule has 1 aromatic heterocycles. The van der Waals surface area contributed by atoms with Gasteiger partial charge in [-0.15, -0.1) is 11.3 Å². The molecule has 1 aromatic rings. The van der Waals surface area contributed by atoms with Crippen LogP contribution in [0.3, 0.4) is 0 Å². The fourth-order valence-electron chi connectivity index (χ4n) is 3.47. The van der Waals surface area contributed by atoms with E-state index in [1.165, 1.54) is 44.9 Å². The Bertz CT molecular complexity index is 403. The van der Waals surface area contributed by atoms with Crippen LogP contribution in [0.25, 0.3) is 0 Å². The lowest BCUT2D eigenvalue weighted by molar-refractivity contribution is 0.466. The first-order valence-corrected chi connectivity index (χ1v) is 9.77. The molecular weight excluding hydrogens is 270 g/mol. The van der Waals surface area contributed by atoms with E-state index in [2.05, 4.69) is 35.9 Å². The Morgan fingerprint density at radius 3 is 2.89 bits per heavy atom. The van der Waals surface area contributed by atoms with Crippen molar-refractivity contribution in [1.82, 2.24) is 5.32 Å². The van der Waals surface area contributed by atoms with Gasteiger partial charge in [-0.2, -0.15) is 11.8 Å². The lowest BCUT2D eigenvalue weighted by atomic mass is 9.99. The first kappa shape index (κ1) is 14.0. The third kappa shape index (κ3) is 3.20. The highest BCUT2D eigenvalue weighted by Gasteiger charge is 2.26. The number of hydrogen-bond acceptors (Lipinski definition) is 3. The van der Waals surface area contributed by atoms with Crippen LogP contribution in [0.1, 0.15) is 60.4 Å². The average molecular weight is 296 g/mol. The highest BCUT2D eigenvalue weighted by atomic mass is 32.2. The van der Waals surface area contributed by atoms with Crippen molar-refractivity contribution in [3.05, 3.63) is 21.4 Å². The number of nitrogens with one attached hydrogen (secondary N) is 1. The normalized spacial score (nSPS) is 28.3. The Balaban J connectivity index is 1.61. The van der Waals surface area contributed by atoms with Crippen molar-refractivity contribution in [2.75, 3.05) is 6.26 Å². The Morgan fingerprint density at radius 1 is 1.32 bits per heavy atom. The molecule has 19 heavy (non-hydrogen) atoms. The van der Waals surface area contributed by atoms with Crippen LogP contribution in [0.2, 0.25) is 0 Å². The Labute approximate surface area is 125 Å². The summed E-state index contributed by atoms with van der Waals surface area (Å²) >= 11 is 4.11. The summed E-state index contributed by atoms with van der Waals surface area (Å²) in [6.45, 7) is 2.35. The molecular formula is C16H25NS2. The van der Waals surface area contributed by atoms with Crippen LogP contribution < -0.4 is 5.32 Å². The second kappa shape index (κ2) is 6.19. The van der Waals surface area contributed by atoms with Gasteiger partial charge >= 0.3 is 0 Å². The number of fused-ring (bicyclic) bond motifs is 1. The molecule has 1 heterocycles. The Morgan fingerprint density at radius 2 is 2.16 bits per heavy atom. The minimum absolute atomic E-state index is 0.543. The highest BCUT2D eigenvalue weighted by molar-refractivity contribution is 7.99. The largest absolute Gasteiger partial charge is 0.307 e. The molecule has 0 radical (unpaired) electrons. The molecule has 0 bridgehead atoms. The summed E-state index contributed by atoms with van der Waals surface area (Å²) in [5.41, 5.74) is 1.65. The van der Waals surface area contributed by atoms with Gasteiger partial charge in [0.2, 0.25) is 0 Å². The van der Waals surface area contributed by atoms with Crippen LogP contribution in [0.5, 0.6) is 0 Å². The van der Waals surface area contributed by atoms with E-state index in [0.29, 0.717) is 6.04 Å². The summed E-state index contributed by atoms with van der Waals surface area (Å²) < 4.78 is 0. The molecule has 3 unspecified atom stereocenters. The van der Waals surface area contributed by atoms with Gasteiger partial charge in [-0.25, -0.2) is 0 Å². The molecule has 0 saturated heterocycles. The number of aryl methyl sites for hydroxylation is 2. The predicted molar refractivity (Wildman–Crippen MR) is 87.5 cm³/mol. The minimum Gasteiger partial charge on any atom is -0.307 e. The molecule has 1 fully saturated rings. The first-order valence-electron chi connectivity index (χ1n) is 7.66. The zero-order chi connectivity index (χ0) is 13.2. The summed E-state index contributed by atoms with van der Waals surface area (Å²) in [5, 5.41) is 4.76. The zero-order valence-electron chi connectivity index (χ0n) is 12.1. The SMILES string of the molecule is CSC1CCC(NC(C)c2cc3c(s2)CCCC3)C1. The fraction of sp³-hybridized carbons (Fsp3) is 0.750. The summed E-state index contributed by atoms with van der Waals surface area (Å²) in [6, 6.07) is 3.77. The topological polar surface area (TPSA) is 12.0 Å². The summed E-state index contributed by atoms with van der Waals surface area (Å²) in [4.78, 5) is 3.24. The molecule has 3 rings (SSSR count). The number of hydrogen-bond donors (Lipinski definition) is 1. The van der Waals surface area contributed by atoms with Crippen molar-refractivity contribution in [2.45, 2.75) is 69.2 Å². The second-order valence-corrected chi connectivity index (χ2v) is 8.37. The van der Waals surface area contributed by atoms with E-state index in [9.17, 15) is 0 Å². The number of thioether (sulfide) groups is 1. The third-order valence-electron chi connectivity index (χ3n) is 4.65. The van der Waals surface area contributed by atoms with Gasteiger partial charge in [0.1, 0.15) is 0 Å². The van der Waals surface area contributed by atoms with Crippen molar-refractivity contribution >= 4 is 23.1 Å². The van der Waals surface area contributed by atoms with Crippen molar-refractivity contribution in [1.29, 1.82) is 0 Å². The molecule has 1 saturated carbocycles. The smallest absolute Gasteiger partial charge is 0.0388 e. The van der Waals surface area contributed by atoms with Gasteiger partial charge in [0, 0.05) is 27.1 Å². The van der Waals surface area contributed by atoms with E-state index >= 15 is 0 Å². The molecule has 3 atom stereocenters. The van der Waals surface area contributed by atoms with Crippen molar-refractivity contribution in [3.63, 3.8) is 0 Å². The van der Waals surface area contributed by atoms with Gasteiger partial charge in [0.05, 0.1) is 0 Å². The van der Waals surface area contributed by atoms with E-state index in [1.54, 1.807) is 15.3 Å². The standard InChI is InChI=1S/C16H25NS2/c1-11(17-13-7-8-14(10-13)18-2)16-9-12-5-3-4-6-15(12)19-16/h9,11,13-14,17H,3-8,10H2,1-2H3.